The van der Waals surface area contributed by atoms with Gasteiger partial charge in [-0.1, -0.05) is 13.3 Å². The highest BCUT2D eigenvalue weighted by Gasteiger charge is 2.24. The van der Waals surface area contributed by atoms with Gasteiger partial charge in [-0.15, -0.1) is 0 Å². The molecule has 0 spiro atoms. The van der Waals surface area contributed by atoms with Crippen LogP contribution >= 0.6 is 0 Å². The lowest BCUT2D eigenvalue weighted by Gasteiger charge is -2.19. The molecule has 0 aromatic carbocycles. The van der Waals surface area contributed by atoms with Gasteiger partial charge in [-0.3, -0.25) is 9.59 Å². The van der Waals surface area contributed by atoms with E-state index >= 15 is 0 Å². The number of amides is 1. The van der Waals surface area contributed by atoms with Gasteiger partial charge in [0.1, 0.15) is 6.04 Å². The van der Waals surface area contributed by atoms with E-state index in [0.717, 1.165) is 12.8 Å². The van der Waals surface area contributed by atoms with Crippen LogP contribution in [0, 0.1) is 0 Å². The molecule has 0 saturated carbocycles. The molecule has 0 aliphatic carbocycles. The summed E-state index contributed by atoms with van der Waals surface area (Å²) in [7, 11) is 0. The van der Waals surface area contributed by atoms with Crippen LogP contribution in [0.4, 0.5) is 0 Å². The first-order valence-electron chi connectivity index (χ1n) is 6.65. The number of rotatable bonds is 9. The minimum atomic E-state index is -1.42. The second-order valence-electron chi connectivity index (χ2n) is 4.71. The molecular weight excluding hydrogens is 278 g/mol. The number of carbonyl (C=O) groups excluding carboxylic acids is 1. The molecule has 0 aliphatic rings. The Bertz CT molecular complexity index is 486. The molecule has 1 amide bonds. The predicted molar refractivity (Wildman–Crippen MR) is 72.6 cm³/mol. The summed E-state index contributed by atoms with van der Waals surface area (Å²) in [6, 6.07) is -1.54. The Morgan fingerprint density at radius 3 is 2.48 bits per heavy atom. The first-order chi connectivity index (χ1) is 9.93. The molecule has 1 heterocycles. The lowest BCUT2D eigenvalue weighted by molar-refractivity contribution is -0.147. The van der Waals surface area contributed by atoms with E-state index in [-0.39, 0.29) is 12.5 Å². The molecular formula is C13H19N3O5. The Morgan fingerprint density at radius 2 is 2.00 bits per heavy atom. The molecule has 0 bridgehead atoms. The highest BCUT2D eigenvalue weighted by molar-refractivity contribution is 5.86. The maximum absolute atomic E-state index is 11.9. The van der Waals surface area contributed by atoms with Gasteiger partial charge in [0.2, 0.25) is 5.91 Å². The predicted octanol–water partition coefficient (Wildman–Crippen LogP) is 0.658. The van der Waals surface area contributed by atoms with E-state index in [1.54, 1.807) is 23.3 Å². The van der Waals surface area contributed by atoms with Crippen molar-refractivity contribution in [2.75, 3.05) is 0 Å². The van der Waals surface area contributed by atoms with E-state index < -0.39 is 30.3 Å². The average molecular weight is 297 g/mol. The summed E-state index contributed by atoms with van der Waals surface area (Å²) in [5.41, 5.74) is 0. The summed E-state index contributed by atoms with van der Waals surface area (Å²) < 4.78 is 1.79. The van der Waals surface area contributed by atoms with Crippen LogP contribution in [0.1, 0.15) is 38.6 Å². The molecule has 8 nitrogen and oxygen atoms in total. The molecule has 1 rings (SSSR count). The minimum Gasteiger partial charge on any atom is -0.481 e. The van der Waals surface area contributed by atoms with Crippen LogP contribution in [0.15, 0.2) is 18.7 Å². The molecule has 0 radical (unpaired) electrons. The van der Waals surface area contributed by atoms with Crippen molar-refractivity contribution >= 4 is 17.8 Å². The van der Waals surface area contributed by atoms with Crippen molar-refractivity contribution in [2.45, 2.75) is 44.7 Å². The summed E-state index contributed by atoms with van der Waals surface area (Å²) in [6.07, 6.45) is 5.95. The third-order valence-electron chi connectivity index (χ3n) is 3.00. The van der Waals surface area contributed by atoms with Crippen LogP contribution in [-0.2, 0) is 14.4 Å². The Hall–Kier alpha value is -2.38. The van der Waals surface area contributed by atoms with Gasteiger partial charge in [0.25, 0.3) is 0 Å². The van der Waals surface area contributed by atoms with Crippen molar-refractivity contribution in [3.63, 3.8) is 0 Å². The van der Waals surface area contributed by atoms with Gasteiger partial charge in [-0.05, 0) is 6.42 Å². The first-order valence-corrected chi connectivity index (χ1v) is 6.65. The summed E-state index contributed by atoms with van der Waals surface area (Å²) in [4.78, 5) is 37.3. The number of nitrogens with zero attached hydrogens (tertiary/aromatic N) is 2. The largest absolute Gasteiger partial charge is 0.481 e. The van der Waals surface area contributed by atoms with Crippen LogP contribution in [0.3, 0.4) is 0 Å². The highest BCUT2D eigenvalue weighted by Crippen LogP contribution is 2.17. The third kappa shape index (κ3) is 5.64. The smallest absolute Gasteiger partial charge is 0.326 e. The molecule has 1 aromatic rings. The number of hydrogen-bond acceptors (Lipinski definition) is 4. The topological polar surface area (TPSA) is 122 Å². The van der Waals surface area contributed by atoms with Gasteiger partial charge in [0.15, 0.2) is 0 Å². The molecule has 0 fully saturated rings. The van der Waals surface area contributed by atoms with E-state index in [2.05, 4.69) is 10.3 Å². The second-order valence-corrected chi connectivity index (χ2v) is 4.71. The molecule has 1 aromatic heterocycles. The molecule has 8 heteroatoms. The number of carbonyl (C=O) groups is 3. The van der Waals surface area contributed by atoms with Crippen LogP contribution < -0.4 is 5.32 Å². The van der Waals surface area contributed by atoms with Crippen LogP contribution in [0.5, 0.6) is 0 Å². The Balaban J connectivity index is 2.64. The van der Waals surface area contributed by atoms with Crippen LogP contribution in [0.2, 0.25) is 0 Å². The molecule has 2 atom stereocenters. The third-order valence-corrected chi connectivity index (χ3v) is 3.00. The number of hydrogen-bond donors (Lipinski definition) is 3. The standard InChI is InChI=1S/C13H19N3O5/c1-2-3-9(16-5-4-14-8-16)6-11(17)15-10(13(20)21)7-12(18)19/h4-5,8-10H,2-3,6-7H2,1H3,(H,15,17)(H,18,19)(H,20,21)/t9?,10-/m1/s1. The molecule has 0 saturated heterocycles. The van der Waals surface area contributed by atoms with E-state index in [9.17, 15) is 14.4 Å². The quantitative estimate of drug-likeness (QED) is 0.615. The molecule has 116 valence electrons. The van der Waals surface area contributed by atoms with E-state index in [1.165, 1.54) is 0 Å². The number of nitrogens with one attached hydrogen (secondary N) is 1. The maximum Gasteiger partial charge on any atom is 0.326 e. The van der Waals surface area contributed by atoms with Crippen molar-refractivity contribution in [1.29, 1.82) is 0 Å². The number of carboxylic acids is 2. The molecule has 3 N–H and O–H groups in total. The van der Waals surface area contributed by atoms with E-state index in [1.807, 2.05) is 6.92 Å². The fourth-order valence-corrected chi connectivity index (χ4v) is 2.02. The fourth-order valence-electron chi connectivity index (χ4n) is 2.02. The molecule has 1 unspecified atom stereocenters. The van der Waals surface area contributed by atoms with Crippen LogP contribution in [0.25, 0.3) is 0 Å². The monoisotopic (exact) mass is 297 g/mol. The highest BCUT2D eigenvalue weighted by atomic mass is 16.4. The molecule has 21 heavy (non-hydrogen) atoms. The van der Waals surface area contributed by atoms with Crippen molar-refractivity contribution in [1.82, 2.24) is 14.9 Å². The zero-order chi connectivity index (χ0) is 15.8. The van der Waals surface area contributed by atoms with Crippen molar-refractivity contribution < 1.29 is 24.6 Å². The summed E-state index contributed by atoms with van der Waals surface area (Å²) in [5.74, 6) is -3.13. The fraction of sp³-hybridized carbons (Fsp3) is 0.538. The number of imidazole rings is 1. The van der Waals surface area contributed by atoms with Crippen molar-refractivity contribution in [3.8, 4) is 0 Å². The zero-order valence-corrected chi connectivity index (χ0v) is 11.7. The average Bonchev–Trinajstić information content (AvgIpc) is 2.90. The SMILES string of the molecule is CCCC(CC(=O)N[C@H](CC(=O)O)C(=O)O)n1ccnc1. The van der Waals surface area contributed by atoms with Gasteiger partial charge < -0.3 is 20.1 Å². The van der Waals surface area contributed by atoms with Crippen molar-refractivity contribution in [2.24, 2.45) is 0 Å². The zero-order valence-electron chi connectivity index (χ0n) is 11.7. The van der Waals surface area contributed by atoms with Gasteiger partial charge in [0, 0.05) is 24.9 Å². The Kier molecular flexibility index (Phi) is 6.38. The first kappa shape index (κ1) is 16.7. The Labute approximate surface area is 121 Å². The summed E-state index contributed by atoms with van der Waals surface area (Å²) in [5, 5.41) is 19.8. The van der Waals surface area contributed by atoms with Crippen LogP contribution in [-0.4, -0.2) is 43.7 Å². The summed E-state index contributed by atoms with van der Waals surface area (Å²) >= 11 is 0. The minimum absolute atomic E-state index is 0.0770. The number of aromatic nitrogens is 2. The Morgan fingerprint density at radius 1 is 1.29 bits per heavy atom. The van der Waals surface area contributed by atoms with Gasteiger partial charge in [0.05, 0.1) is 12.7 Å². The van der Waals surface area contributed by atoms with Gasteiger partial charge in [-0.2, -0.15) is 0 Å². The van der Waals surface area contributed by atoms with E-state index in [4.69, 9.17) is 10.2 Å². The second kappa shape index (κ2) is 8.03. The maximum atomic E-state index is 11.9. The normalized spacial score (nSPS) is 13.4. The lowest BCUT2D eigenvalue weighted by atomic mass is 10.1. The molecule has 0 aliphatic heterocycles. The lowest BCUT2D eigenvalue weighted by Crippen LogP contribution is -2.42. The number of aliphatic carboxylic acids is 2. The number of carboxylic acid groups (broad SMARTS) is 2. The summed E-state index contributed by atoms with van der Waals surface area (Å²) in [6.45, 7) is 1.98. The van der Waals surface area contributed by atoms with Gasteiger partial charge >= 0.3 is 11.9 Å². The van der Waals surface area contributed by atoms with E-state index in [0.29, 0.717) is 0 Å². The van der Waals surface area contributed by atoms with Gasteiger partial charge in [-0.25, -0.2) is 9.78 Å². The van der Waals surface area contributed by atoms with Crippen molar-refractivity contribution in [3.05, 3.63) is 18.7 Å².